The maximum Gasteiger partial charge on any atom is 0.259 e. The average molecular weight is 340 g/mol. The number of aromatic nitrogens is 1. The zero-order valence-corrected chi connectivity index (χ0v) is 15.0. The quantitative estimate of drug-likeness (QED) is 0.863. The Bertz CT molecular complexity index is 841. The van der Waals surface area contributed by atoms with Crippen molar-refractivity contribution in [3.8, 4) is 5.75 Å². The number of hydrogen-bond acceptors (Lipinski definition) is 3. The summed E-state index contributed by atoms with van der Waals surface area (Å²) in [5.41, 5.74) is 1.92. The van der Waals surface area contributed by atoms with E-state index in [1.165, 1.54) is 6.07 Å². The first-order valence-electron chi connectivity index (χ1n) is 8.63. The van der Waals surface area contributed by atoms with Crippen molar-refractivity contribution in [1.82, 2.24) is 9.47 Å². The van der Waals surface area contributed by atoms with Gasteiger partial charge in [-0.2, -0.15) is 0 Å². The van der Waals surface area contributed by atoms with Crippen LogP contribution in [0.25, 0.3) is 0 Å². The van der Waals surface area contributed by atoms with E-state index in [1.807, 2.05) is 47.7 Å². The molecule has 0 aliphatic carbocycles. The zero-order chi connectivity index (χ0) is 18.0. The minimum Gasteiger partial charge on any atom is -0.497 e. The van der Waals surface area contributed by atoms with Crippen molar-refractivity contribution in [1.29, 1.82) is 0 Å². The van der Waals surface area contributed by atoms with Crippen molar-refractivity contribution in [2.24, 2.45) is 7.05 Å². The van der Waals surface area contributed by atoms with Gasteiger partial charge in [0.2, 0.25) is 0 Å². The van der Waals surface area contributed by atoms with E-state index in [-0.39, 0.29) is 22.9 Å². The lowest BCUT2D eigenvalue weighted by atomic mass is 9.94. The predicted molar refractivity (Wildman–Crippen MR) is 97.0 cm³/mol. The molecular formula is C20H24N2O3. The van der Waals surface area contributed by atoms with E-state index in [0.29, 0.717) is 6.54 Å². The van der Waals surface area contributed by atoms with Gasteiger partial charge in [-0.05, 0) is 43.9 Å². The number of benzene rings is 1. The van der Waals surface area contributed by atoms with Crippen LogP contribution in [0.2, 0.25) is 0 Å². The van der Waals surface area contributed by atoms with E-state index >= 15 is 0 Å². The third kappa shape index (κ3) is 3.45. The van der Waals surface area contributed by atoms with Gasteiger partial charge in [-0.25, -0.2) is 0 Å². The number of aryl methyl sites for hydroxylation is 2. The van der Waals surface area contributed by atoms with Crippen LogP contribution < -0.4 is 10.2 Å². The highest BCUT2D eigenvalue weighted by Gasteiger charge is 2.30. The van der Waals surface area contributed by atoms with E-state index in [2.05, 4.69) is 0 Å². The first-order valence-corrected chi connectivity index (χ1v) is 8.63. The first kappa shape index (κ1) is 17.3. The SMILES string of the molecule is COc1cccc([C@H]2CCCCN2C(=O)c2cn(C)c(C)cc2=O)c1. The second-order valence-electron chi connectivity index (χ2n) is 6.59. The predicted octanol–water partition coefficient (Wildman–Crippen LogP) is 3.07. The molecule has 1 fully saturated rings. The second kappa shape index (κ2) is 7.13. The van der Waals surface area contributed by atoms with Gasteiger partial charge in [0.1, 0.15) is 11.3 Å². The number of ether oxygens (including phenoxy) is 1. The van der Waals surface area contributed by atoms with Gasteiger partial charge in [0.15, 0.2) is 5.43 Å². The summed E-state index contributed by atoms with van der Waals surface area (Å²) < 4.78 is 7.14. The van der Waals surface area contributed by atoms with E-state index < -0.39 is 0 Å². The molecule has 1 aromatic heterocycles. The van der Waals surface area contributed by atoms with Crippen LogP contribution in [0, 0.1) is 6.92 Å². The van der Waals surface area contributed by atoms with Crippen molar-refractivity contribution in [2.75, 3.05) is 13.7 Å². The molecule has 25 heavy (non-hydrogen) atoms. The molecule has 5 nitrogen and oxygen atoms in total. The normalized spacial score (nSPS) is 17.4. The minimum absolute atomic E-state index is 0.0256. The second-order valence-corrected chi connectivity index (χ2v) is 6.59. The van der Waals surface area contributed by atoms with Crippen LogP contribution >= 0.6 is 0 Å². The topological polar surface area (TPSA) is 51.5 Å². The Balaban J connectivity index is 1.97. The van der Waals surface area contributed by atoms with Crippen LogP contribution in [-0.2, 0) is 7.05 Å². The fourth-order valence-electron chi connectivity index (χ4n) is 3.41. The zero-order valence-electron chi connectivity index (χ0n) is 15.0. The average Bonchev–Trinajstić information content (AvgIpc) is 2.64. The summed E-state index contributed by atoms with van der Waals surface area (Å²) in [5, 5.41) is 0. The van der Waals surface area contributed by atoms with Crippen LogP contribution in [0.4, 0.5) is 0 Å². The van der Waals surface area contributed by atoms with Gasteiger partial charge in [-0.3, -0.25) is 9.59 Å². The molecule has 0 radical (unpaired) electrons. The summed E-state index contributed by atoms with van der Waals surface area (Å²) in [4.78, 5) is 27.3. The highest BCUT2D eigenvalue weighted by atomic mass is 16.5. The van der Waals surface area contributed by atoms with E-state index in [9.17, 15) is 9.59 Å². The molecular weight excluding hydrogens is 316 g/mol. The number of carbonyl (C=O) groups excluding carboxylic acids is 1. The number of methoxy groups -OCH3 is 1. The Morgan fingerprint density at radius 1 is 1.24 bits per heavy atom. The Kier molecular flexibility index (Phi) is 4.93. The van der Waals surface area contributed by atoms with Crippen LogP contribution in [0.5, 0.6) is 5.75 Å². The van der Waals surface area contributed by atoms with Crippen LogP contribution in [0.1, 0.15) is 46.9 Å². The van der Waals surface area contributed by atoms with Crippen LogP contribution in [0.3, 0.4) is 0 Å². The molecule has 1 amide bonds. The molecule has 2 aromatic rings. The Labute approximate surface area is 147 Å². The number of piperidine rings is 1. The molecule has 1 aliphatic rings. The number of pyridine rings is 1. The molecule has 1 saturated heterocycles. The summed E-state index contributed by atoms with van der Waals surface area (Å²) in [5.74, 6) is 0.592. The molecule has 0 bridgehead atoms. The third-order valence-corrected chi connectivity index (χ3v) is 4.96. The smallest absolute Gasteiger partial charge is 0.259 e. The van der Waals surface area contributed by atoms with Crippen molar-refractivity contribution >= 4 is 5.91 Å². The molecule has 0 saturated carbocycles. The minimum atomic E-state index is -0.212. The summed E-state index contributed by atoms with van der Waals surface area (Å²) in [7, 11) is 3.49. The number of hydrogen-bond donors (Lipinski definition) is 0. The monoisotopic (exact) mass is 340 g/mol. The highest BCUT2D eigenvalue weighted by molar-refractivity contribution is 5.94. The maximum absolute atomic E-state index is 13.1. The fourth-order valence-corrected chi connectivity index (χ4v) is 3.41. The molecule has 2 heterocycles. The van der Waals surface area contributed by atoms with E-state index in [0.717, 1.165) is 36.3 Å². The van der Waals surface area contributed by atoms with Gasteiger partial charge in [-0.15, -0.1) is 0 Å². The molecule has 1 atom stereocenters. The van der Waals surface area contributed by atoms with Gasteiger partial charge < -0.3 is 14.2 Å². The molecule has 1 aromatic carbocycles. The van der Waals surface area contributed by atoms with Crippen molar-refractivity contribution in [2.45, 2.75) is 32.2 Å². The van der Waals surface area contributed by atoms with Gasteiger partial charge >= 0.3 is 0 Å². The fraction of sp³-hybridized carbons (Fsp3) is 0.400. The summed E-state index contributed by atoms with van der Waals surface area (Å²) in [6.45, 7) is 2.52. The lowest BCUT2D eigenvalue weighted by molar-refractivity contribution is 0.0609. The number of amides is 1. The molecule has 132 valence electrons. The van der Waals surface area contributed by atoms with Gasteiger partial charge in [0, 0.05) is 31.5 Å². The number of rotatable bonds is 3. The lowest BCUT2D eigenvalue weighted by Crippen LogP contribution is -2.40. The maximum atomic E-state index is 13.1. The lowest BCUT2D eigenvalue weighted by Gasteiger charge is -2.36. The summed E-state index contributed by atoms with van der Waals surface area (Å²) in [6, 6.07) is 9.33. The summed E-state index contributed by atoms with van der Waals surface area (Å²) in [6.07, 6.45) is 4.57. The van der Waals surface area contributed by atoms with Gasteiger partial charge in [0.25, 0.3) is 5.91 Å². The third-order valence-electron chi connectivity index (χ3n) is 4.96. The van der Waals surface area contributed by atoms with E-state index in [1.54, 1.807) is 13.3 Å². The molecule has 5 heteroatoms. The van der Waals surface area contributed by atoms with Crippen LogP contribution in [0.15, 0.2) is 41.3 Å². The molecule has 3 rings (SSSR count). The Morgan fingerprint density at radius 2 is 2.04 bits per heavy atom. The molecule has 0 spiro atoms. The Hall–Kier alpha value is -2.56. The molecule has 0 N–H and O–H groups in total. The van der Waals surface area contributed by atoms with Crippen LogP contribution in [-0.4, -0.2) is 29.0 Å². The molecule has 1 aliphatic heterocycles. The largest absolute Gasteiger partial charge is 0.497 e. The van der Waals surface area contributed by atoms with Crippen molar-refractivity contribution in [3.05, 3.63) is 63.6 Å². The van der Waals surface area contributed by atoms with Crippen molar-refractivity contribution < 1.29 is 9.53 Å². The number of likely N-dealkylation sites (tertiary alicyclic amines) is 1. The van der Waals surface area contributed by atoms with Gasteiger partial charge in [0.05, 0.1) is 13.2 Å². The van der Waals surface area contributed by atoms with Gasteiger partial charge in [-0.1, -0.05) is 12.1 Å². The Morgan fingerprint density at radius 3 is 2.80 bits per heavy atom. The first-order chi connectivity index (χ1) is 12.0. The highest BCUT2D eigenvalue weighted by Crippen LogP contribution is 2.33. The molecule has 0 unspecified atom stereocenters. The van der Waals surface area contributed by atoms with Crippen molar-refractivity contribution in [3.63, 3.8) is 0 Å². The summed E-state index contributed by atoms with van der Waals surface area (Å²) >= 11 is 0. The number of carbonyl (C=O) groups is 1. The number of nitrogens with zero attached hydrogens (tertiary/aromatic N) is 2. The standard InChI is InChI=1S/C20H24N2O3/c1-14-11-19(23)17(13-21(14)2)20(24)22-10-5-4-9-18(22)15-7-6-8-16(12-15)25-3/h6-8,11-13,18H,4-5,9-10H2,1-3H3/t18-/m1/s1. The van der Waals surface area contributed by atoms with E-state index in [4.69, 9.17) is 4.74 Å².